The zero-order valence-corrected chi connectivity index (χ0v) is 19.2. The van der Waals surface area contributed by atoms with Crippen LogP contribution in [0.15, 0.2) is 28.1 Å². The van der Waals surface area contributed by atoms with Crippen molar-refractivity contribution in [2.24, 2.45) is 0 Å². The van der Waals surface area contributed by atoms with Crippen molar-refractivity contribution in [3.8, 4) is 0 Å². The van der Waals surface area contributed by atoms with Gasteiger partial charge in [-0.3, -0.25) is 0 Å². The number of hydrogen-bond donors (Lipinski definition) is 0. The van der Waals surface area contributed by atoms with E-state index in [1.54, 1.807) is 11.8 Å². The maximum atomic E-state index is 5.98. The maximum absolute atomic E-state index is 5.98. The molecule has 1 atom stereocenters. The van der Waals surface area contributed by atoms with Gasteiger partial charge in [-0.05, 0) is 77.0 Å². The summed E-state index contributed by atoms with van der Waals surface area (Å²) in [5.41, 5.74) is 3.77. The quantitative estimate of drug-likeness (QED) is 0.427. The Hall–Kier alpha value is -1.08. The lowest BCUT2D eigenvalue weighted by atomic mass is 10.2. The van der Waals surface area contributed by atoms with Crippen LogP contribution in [-0.2, 0) is 22.3 Å². The lowest BCUT2D eigenvalue weighted by Crippen LogP contribution is -2.32. The first kappa shape index (κ1) is 21.2. The molecule has 0 spiro atoms. The molecular weight excluding hydrogens is 360 g/mol. The molecule has 1 unspecified atom stereocenters. The monoisotopic (exact) mass is 392 g/mol. The van der Waals surface area contributed by atoms with Crippen LogP contribution in [0.1, 0.15) is 36.5 Å². The molecule has 0 aliphatic rings. The molecule has 0 radical (unpaired) electrons. The van der Waals surface area contributed by atoms with Crippen LogP contribution in [0.3, 0.4) is 0 Å². The molecule has 6 heteroatoms. The molecule has 0 N–H and O–H groups in total. The minimum Gasteiger partial charge on any atom is -0.393 e. The van der Waals surface area contributed by atoms with E-state index < -0.39 is 8.32 Å². The Morgan fingerprint density at radius 1 is 1.12 bits per heavy atom. The largest absolute Gasteiger partial charge is 0.393 e. The van der Waals surface area contributed by atoms with Crippen molar-refractivity contribution in [1.29, 1.82) is 0 Å². The van der Waals surface area contributed by atoms with Gasteiger partial charge in [0.25, 0.3) is 0 Å². The lowest BCUT2D eigenvalue weighted by Gasteiger charge is -2.24. The van der Waals surface area contributed by atoms with Crippen molar-refractivity contribution in [3.05, 3.63) is 40.8 Å². The van der Waals surface area contributed by atoms with Gasteiger partial charge in [-0.2, -0.15) is 0 Å². The zero-order chi connectivity index (χ0) is 19.5. The minimum atomic E-state index is -1.60. The van der Waals surface area contributed by atoms with Crippen LogP contribution >= 0.6 is 11.8 Å². The fourth-order valence-corrected chi connectivity index (χ4v) is 5.32. The van der Waals surface area contributed by atoms with E-state index in [-0.39, 0.29) is 6.29 Å². The second-order valence-electron chi connectivity index (χ2n) is 7.71. The molecule has 1 heterocycles. The summed E-state index contributed by atoms with van der Waals surface area (Å²) in [7, 11) is -1.60. The summed E-state index contributed by atoms with van der Waals surface area (Å²) >= 11 is 1.73. The molecule has 0 saturated heterocycles. The predicted molar refractivity (Wildman–Crippen MR) is 111 cm³/mol. The molecule has 26 heavy (non-hydrogen) atoms. The Morgan fingerprint density at radius 2 is 1.73 bits per heavy atom. The first-order valence-corrected chi connectivity index (χ1v) is 13.4. The van der Waals surface area contributed by atoms with E-state index in [1.807, 2.05) is 13.8 Å². The fourth-order valence-electron chi connectivity index (χ4n) is 2.99. The van der Waals surface area contributed by atoms with E-state index >= 15 is 0 Å². The predicted octanol–water partition coefficient (Wildman–Crippen LogP) is 5.69. The third kappa shape index (κ3) is 5.98. The highest BCUT2D eigenvalue weighted by Crippen LogP contribution is 2.32. The van der Waals surface area contributed by atoms with Crippen LogP contribution < -0.4 is 0 Å². The van der Waals surface area contributed by atoms with Gasteiger partial charge < -0.3 is 13.7 Å². The van der Waals surface area contributed by atoms with E-state index in [4.69, 9.17) is 14.1 Å². The average molecular weight is 393 g/mol. The number of aromatic nitrogens is 2. The SMILES string of the molecule is CCc1c(Sc2cc(C)cc(C)c2)nc(C)n1COC(C)O[Si](C)(C)C. The number of rotatable bonds is 8. The van der Waals surface area contributed by atoms with E-state index in [1.165, 1.54) is 21.7 Å². The van der Waals surface area contributed by atoms with Gasteiger partial charge in [-0.15, -0.1) is 0 Å². The smallest absolute Gasteiger partial charge is 0.187 e. The minimum absolute atomic E-state index is 0.205. The zero-order valence-electron chi connectivity index (χ0n) is 17.3. The molecule has 2 aromatic rings. The molecule has 0 amide bonds. The molecule has 0 fully saturated rings. The number of imidazole rings is 1. The van der Waals surface area contributed by atoms with E-state index in [0.29, 0.717) is 6.73 Å². The van der Waals surface area contributed by atoms with Crippen molar-refractivity contribution in [1.82, 2.24) is 9.55 Å². The Labute approximate surface area is 163 Å². The fraction of sp³-hybridized carbons (Fsp3) is 0.550. The molecule has 2 rings (SSSR count). The number of benzene rings is 1. The summed E-state index contributed by atoms with van der Waals surface area (Å²) in [6.07, 6.45) is 0.712. The normalized spacial score (nSPS) is 13.2. The van der Waals surface area contributed by atoms with Gasteiger partial charge in [0.15, 0.2) is 8.32 Å². The summed E-state index contributed by atoms with van der Waals surface area (Å²) in [5.74, 6) is 0.980. The van der Waals surface area contributed by atoms with Crippen molar-refractivity contribution in [2.75, 3.05) is 0 Å². The third-order valence-electron chi connectivity index (χ3n) is 3.93. The molecule has 0 aliphatic heterocycles. The number of ether oxygens (including phenoxy) is 1. The Balaban J connectivity index is 2.16. The van der Waals surface area contributed by atoms with Crippen LogP contribution in [0.5, 0.6) is 0 Å². The molecule has 1 aromatic heterocycles. The Bertz CT molecular complexity index is 733. The van der Waals surface area contributed by atoms with E-state index in [9.17, 15) is 0 Å². The van der Waals surface area contributed by atoms with Gasteiger partial charge in [-0.25, -0.2) is 4.98 Å². The highest BCUT2D eigenvalue weighted by atomic mass is 32.2. The number of nitrogens with zero attached hydrogens (tertiary/aromatic N) is 2. The average Bonchev–Trinajstić information content (AvgIpc) is 2.77. The van der Waals surface area contributed by atoms with Crippen molar-refractivity contribution < 1.29 is 9.16 Å². The third-order valence-corrected chi connectivity index (χ3v) is 5.96. The highest BCUT2D eigenvalue weighted by molar-refractivity contribution is 7.99. The molecule has 0 saturated carbocycles. The number of aryl methyl sites for hydroxylation is 3. The summed E-state index contributed by atoms with van der Waals surface area (Å²) in [6, 6.07) is 6.63. The lowest BCUT2D eigenvalue weighted by molar-refractivity contribution is -0.101. The van der Waals surface area contributed by atoms with E-state index in [2.05, 4.69) is 63.2 Å². The van der Waals surface area contributed by atoms with Gasteiger partial charge >= 0.3 is 0 Å². The second kappa shape index (κ2) is 8.74. The summed E-state index contributed by atoms with van der Waals surface area (Å²) in [6.45, 7) is 17.4. The molecule has 0 bridgehead atoms. The standard InChI is InChI=1S/C20H32N2O2SSi/c1-9-19-20(25-18-11-14(2)10-15(3)12-18)21-16(4)22(19)13-23-17(5)24-26(6,7)8/h10-12,17H,9,13H2,1-8H3. The molecule has 1 aromatic carbocycles. The van der Waals surface area contributed by atoms with Crippen molar-refractivity contribution >= 4 is 20.1 Å². The van der Waals surface area contributed by atoms with Crippen LogP contribution in [0.2, 0.25) is 19.6 Å². The number of hydrogen-bond acceptors (Lipinski definition) is 4. The van der Waals surface area contributed by atoms with Crippen LogP contribution in [0.25, 0.3) is 0 Å². The highest BCUT2D eigenvalue weighted by Gasteiger charge is 2.20. The van der Waals surface area contributed by atoms with Gasteiger partial charge in [0.05, 0.1) is 5.69 Å². The molecular formula is C20H32N2O2SSi. The summed E-state index contributed by atoms with van der Waals surface area (Å²) in [5, 5.41) is 1.07. The summed E-state index contributed by atoms with van der Waals surface area (Å²) in [4.78, 5) is 6.04. The second-order valence-corrected chi connectivity index (χ2v) is 13.2. The summed E-state index contributed by atoms with van der Waals surface area (Å²) < 4.78 is 14.1. The molecule has 144 valence electrons. The first-order valence-electron chi connectivity index (χ1n) is 9.20. The van der Waals surface area contributed by atoms with Gasteiger partial charge in [-0.1, -0.05) is 24.8 Å². The first-order chi connectivity index (χ1) is 12.1. The van der Waals surface area contributed by atoms with Crippen LogP contribution in [0, 0.1) is 20.8 Å². The van der Waals surface area contributed by atoms with Gasteiger partial charge in [0.1, 0.15) is 23.9 Å². The maximum Gasteiger partial charge on any atom is 0.187 e. The Morgan fingerprint density at radius 3 is 2.27 bits per heavy atom. The molecule has 4 nitrogen and oxygen atoms in total. The van der Waals surface area contributed by atoms with Crippen LogP contribution in [0.4, 0.5) is 0 Å². The topological polar surface area (TPSA) is 36.3 Å². The van der Waals surface area contributed by atoms with E-state index in [0.717, 1.165) is 17.3 Å². The van der Waals surface area contributed by atoms with Crippen LogP contribution in [-0.4, -0.2) is 24.2 Å². The molecule has 0 aliphatic carbocycles. The van der Waals surface area contributed by atoms with Gasteiger partial charge in [0.2, 0.25) is 0 Å². The van der Waals surface area contributed by atoms with Crippen molar-refractivity contribution in [2.45, 2.75) is 83.6 Å². The Kier molecular flexibility index (Phi) is 7.13. The van der Waals surface area contributed by atoms with Gasteiger partial charge in [0, 0.05) is 4.90 Å². The van der Waals surface area contributed by atoms with Crippen molar-refractivity contribution in [3.63, 3.8) is 0 Å².